The highest BCUT2D eigenvalue weighted by Crippen LogP contribution is 2.27. The van der Waals surface area contributed by atoms with Crippen LogP contribution in [0.4, 0.5) is 5.13 Å². The van der Waals surface area contributed by atoms with Gasteiger partial charge in [0, 0.05) is 17.5 Å². The van der Waals surface area contributed by atoms with Gasteiger partial charge in [0.25, 0.3) is 0 Å². The third-order valence-electron chi connectivity index (χ3n) is 4.01. The summed E-state index contributed by atoms with van der Waals surface area (Å²) in [6.45, 7) is 2.41. The molecular formula is C16H19N3O3S2. The second-order valence-corrected chi connectivity index (χ2v) is 8.72. The van der Waals surface area contributed by atoms with Crippen molar-refractivity contribution < 1.29 is 13.2 Å². The molecule has 1 atom stereocenters. The first kappa shape index (κ1) is 17.1. The van der Waals surface area contributed by atoms with Crippen molar-refractivity contribution in [3.63, 3.8) is 0 Å². The van der Waals surface area contributed by atoms with E-state index < -0.39 is 16.1 Å². The van der Waals surface area contributed by atoms with E-state index in [2.05, 4.69) is 10.3 Å². The summed E-state index contributed by atoms with van der Waals surface area (Å²) >= 11 is 1.33. The number of aryl methyl sites for hydroxylation is 1. The highest BCUT2D eigenvalue weighted by atomic mass is 32.2. The van der Waals surface area contributed by atoms with E-state index in [1.807, 2.05) is 36.6 Å². The molecule has 1 aromatic heterocycles. The molecule has 1 fully saturated rings. The molecule has 3 rings (SSSR count). The molecule has 1 aromatic carbocycles. The lowest BCUT2D eigenvalue weighted by atomic mass is 10.1. The third kappa shape index (κ3) is 3.66. The predicted molar refractivity (Wildman–Crippen MR) is 95.5 cm³/mol. The van der Waals surface area contributed by atoms with Gasteiger partial charge in [-0.3, -0.25) is 4.79 Å². The molecule has 6 nitrogen and oxygen atoms in total. The molecule has 128 valence electrons. The second-order valence-electron chi connectivity index (χ2n) is 5.92. The predicted octanol–water partition coefficient (Wildman–Crippen LogP) is 2.48. The molecule has 1 aliphatic heterocycles. The molecular weight excluding hydrogens is 346 g/mol. The number of carbonyl (C=O) groups is 1. The number of amides is 1. The fourth-order valence-corrected chi connectivity index (χ4v) is 4.62. The maximum Gasteiger partial charge on any atom is 0.244 e. The lowest BCUT2D eigenvalue weighted by Crippen LogP contribution is -2.42. The number of hydrogen-bond acceptors (Lipinski definition) is 5. The summed E-state index contributed by atoms with van der Waals surface area (Å²) in [6.07, 6.45) is 2.37. The van der Waals surface area contributed by atoms with Crippen LogP contribution in [0.3, 0.4) is 0 Å². The SMILES string of the molecule is Cc1ccc(-c2csc(NC(=O)C3CCCN3S(C)(=O)=O)n2)cc1. The van der Waals surface area contributed by atoms with E-state index in [0.717, 1.165) is 17.5 Å². The van der Waals surface area contributed by atoms with Gasteiger partial charge in [-0.15, -0.1) is 11.3 Å². The van der Waals surface area contributed by atoms with E-state index in [1.165, 1.54) is 21.2 Å². The number of thiazole rings is 1. The van der Waals surface area contributed by atoms with Gasteiger partial charge in [0.1, 0.15) is 6.04 Å². The zero-order valence-corrected chi connectivity index (χ0v) is 15.2. The summed E-state index contributed by atoms with van der Waals surface area (Å²) in [5.74, 6) is -0.317. The number of nitrogens with zero attached hydrogens (tertiary/aromatic N) is 2. The summed E-state index contributed by atoms with van der Waals surface area (Å²) in [5, 5.41) is 5.11. The molecule has 1 saturated heterocycles. The van der Waals surface area contributed by atoms with Crippen molar-refractivity contribution in [3.05, 3.63) is 35.2 Å². The van der Waals surface area contributed by atoms with Gasteiger partial charge in [0.2, 0.25) is 15.9 Å². The lowest BCUT2D eigenvalue weighted by Gasteiger charge is -2.20. The molecule has 2 aromatic rings. The first-order valence-electron chi connectivity index (χ1n) is 7.65. The van der Waals surface area contributed by atoms with Gasteiger partial charge in [-0.1, -0.05) is 29.8 Å². The van der Waals surface area contributed by atoms with Crippen molar-refractivity contribution in [1.29, 1.82) is 0 Å². The molecule has 0 spiro atoms. The van der Waals surface area contributed by atoms with Crippen molar-refractivity contribution in [2.75, 3.05) is 18.1 Å². The zero-order chi connectivity index (χ0) is 17.3. The van der Waals surface area contributed by atoms with E-state index >= 15 is 0 Å². The highest BCUT2D eigenvalue weighted by Gasteiger charge is 2.36. The van der Waals surface area contributed by atoms with Crippen molar-refractivity contribution in [1.82, 2.24) is 9.29 Å². The molecule has 0 radical (unpaired) electrons. The molecule has 0 bridgehead atoms. The first-order valence-corrected chi connectivity index (χ1v) is 10.4. The summed E-state index contributed by atoms with van der Waals surface area (Å²) in [7, 11) is -3.38. The smallest absolute Gasteiger partial charge is 0.244 e. The molecule has 8 heteroatoms. The number of aromatic nitrogens is 1. The minimum absolute atomic E-state index is 0.317. The van der Waals surface area contributed by atoms with Gasteiger partial charge < -0.3 is 5.32 Å². The van der Waals surface area contributed by atoms with Crippen LogP contribution in [0.25, 0.3) is 11.3 Å². The molecule has 1 amide bonds. The summed E-state index contributed by atoms with van der Waals surface area (Å²) in [6, 6.07) is 7.34. The fourth-order valence-electron chi connectivity index (χ4n) is 2.78. The molecule has 1 unspecified atom stereocenters. The van der Waals surface area contributed by atoms with Crippen molar-refractivity contribution >= 4 is 32.4 Å². The Kier molecular flexibility index (Phi) is 4.71. The Bertz CT molecular complexity index is 844. The number of sulfonamides is 1. The van der Waals surface area contributed by atoms with Gasteiger partial charge in [-0.2, -0.15) is 4.31 Å². The van der Waals surface area contributed by atoms with Crippen LogP contribution in [0.2, 0.25) is 0 Å². The van der Waals surface area contributed by atoms with E-state index in [-0.39, 0.29) is 5.91 Å². The lowest BCUT2D eigenvalue weighted by molar-refractivity contribution is -0.119. The molecule has 2 heterocycles. The maximum absolute atomic E-state index is 12.4. The standard InChI is InChI=1S/C16H19N3O3S2/c1-11-5-7-12(8-6-11)13-10-23-16(17-13)18-15(20)14-4-3-9-19(14)24(2,21)22/h5-8,10,14H,3-4,9H2,1-2H3,(H,17,18,20). The zero-order valence-electron chi connectivity index (χ0n) is 13.5. The summed E-state index contributed by atoms with van der Waals surface area (Å²) in [4.78, 5) is 16.8. The van der Waals surface area contributed by atoms with E-state index in [4.69, 9.17) is 0 Å². The number of nitrogens with one attached hydrogen (secondary N) is 1. The fraction of sp³-hybridized carbons (Fsp3) is 0.375. The topological polar surface area (TPSA) is 79.4 Å². The number of hydrogen-bond donors (Lipinski definition) is 1. The summed E-state index contributed by atoms with van der Waals surface area (Å²) < 4.78 is 24.8. The Morgan fingerprint density at radius 2 is 2.04 bits per heavy atom. The monoisotopic (exact) mass is 365 g/mol. The van der Waals surface area contributed by atoms with Crippen LogP contribution < -0.4 is 5.32 Å². The van der Waals surface area contributed by atoms with Crippen molar-refractivity contribution in [3.8, 4) is 11.3 Å². The maximum atomic E-state index is 12.4. The van der Waals surface area contributed by atoms with Crippen molar-refractivity contribution in [2.24, 2.45) is 0 Å². The highest BCUT2D eigenvalue weighted by molar-refractivity contribution is 7.88. The molecule has 1 aliphatic rings. The molecule has 0 saturated carbocycles. The van der Waals surface area contributed by atoms with Crippen LogP contribution in [-0.2, 0) is 14.8 Å². The largest absolute Gasteiger partial charge is 0.301 e. The van der Waals surface area contributed by atoms with E-state index in [9.17, 15) is 13.2 Å². The van der Waals surface area contributed by atoms with Gasteiger partial charge in [0.15, 0.2) is 5.13 Å². The van der Waals surface area contributed by atoms with Crippen LogP contribution in [0.15, 0.2) is 29.6 Å². The summed E-state index contributed by atoms with van der Waals surface area (Å²) in [5.41, 5.74) is 2.95. The Hall–Kier alpha value is -1.77. The average molecular weight is 365 g/mol. The van der Waals surface area contributed by atoms with Gasteiger partial charge >= 0.3 is 0 Å². The minimum Gasteiger partial charge on any atom is -0.301 e. The van der Waals surface area contributed by atoms with Crippen LogP contribution in [0, 0.1) is 6.92 Å². The third-order valence-corrected chi connectivity index (χ3v) is 6.06. The van der Waals surface area contributed by atoms with E-state index in [0.29, 0.717) is 24.5 Å². The Morgan fingerprint density at radius 1 is 1.33 bits per heavy atom. The van der Waals surface area contributed by atoms with Crippen LogP contribution in [-0.4, -0.2) is 42.5 Å². The quantitative estimate of drug-likeness (QED) is 0.903. The van der Waals surface area contributed by atoms with Crippen LogP contribution >= 0.6 is 11.3 Å². The molecule has 0 aliphatic carbocycles. The van der Waals surface area contributed by atoms with E-state index in [1.54, 1.807) is 0 Å². The first-order chi connectivity index (χ1) is 11.3. The Morgan fingerprint density at radius 3 is 2.71 bits per heavy atom. The van der Waals surface area contributed by atoms with Crippen LogP contribution in [0.1, 0.15) is 18.4 Å². The number of rotatable bonds is 4. The average Bonchev–Trinajstić information content (AvgIpc) is 3.16. The Labute approximate surface area is 145 Å². The van der Waals surface area contributed by atoms with Crippen LogP contribution in [0.5, 0.6) is 0 Å². The van der Waals surface area contributed by atoms with Gasteiger partial charge in [-0.05, 0) is 19.8 Å². The minimum atomic E-state index is -3.38. The number of benzene rings is 1. The molecule has 1 N–H and O–H groups in total. The molecule has 24 heavy (non-hydrogen) atoms. The van der Waals surface area contributed by atoms with Gasteiger partial charge in [0.05, 0.1) is 11.9 Å². The normalized spacial score (nSPS) is 18.7. The van der Waals surface area contributed by atoms with Gasteiger partial charge in [-0.25, -0.2) is 13.4 Å². The Balaban J connectivity index is 1.72. The number of anilines is 1. The number of carbonyl (C=O) groups excluding carboxylic acids is 1. The van der Waals surface area contributed by atoms with Crippen molar-refractivity contribution in [2.45, 2.75) is 25.8 Å². The second kappa shape index (κ2) is 6.62.